The first-order valence-electron chi connectivity index (χ1n) is 28.2. The van der Waals surface area contributed by atoms with Gasteiger partial charge in [-0.2, -0.15) is 0 Å². The highest BCUT2D eigenvalue weighted by molar-refractivity contribution is 5.77. The van der Waals surface area contributed by atoms with Crippen LogP contribution in [0, 0.1) is 0 Å². The molecule has 0 saturated carbocycles. The number of aliphatic hydroxyl groups excluding tert-OH is 2. The van der Waals surface area contributed by atoms with Crippen LogP contribution in [-0.4, -0.2) is 46.9 Å². The molecular weight excluding hydrogens is 791 g/mol. The summed E-state index contributed by atoms with van der Waals surface area (Å²) in [5.74, 6) is -0.472. The van der Waals surface area contributed by atoms with Crippen molar-refractivity contribution >= 4 is 11.9 Å². The Morgan fingerprint density at radius 1 is 0.469 bits per heavy atom. The number of carbonyl (C=O) groups is 2. The Bertz CT molecular complexity index is 1060. The van der Waals surface area contributed by atoms with E-state index in [4.69, 9.17) is 4.74 Å². The molecular formula is C58H109NO5. The Kier molecular flexibility index (Phi) is 50.5. The zero-order chi connectivity index (χ0) is 46.7. The van der Waals surface area contributed by atoms with Crippen molar-refractivity contribution in [1.29, 1.82) is 0 Å². The number of aliphatic hydroxyl groups is 2. The zero-order valence-electron chi connectivity index (χ0n) is 42.9. The lowest BCUT2D eigenvalue weighted by molar-refractivity contribution is -0.151. The molecule has 1 amide bonds. The average Bonchev–Trinajstić information content (AvgIpc) is 3.29. The van der Waals surface area contributed by atoms with Gasteiger partial charge in [-0.3, -0.25) is 9.59 Å². The highest BCUT2D eigenvalue weighted by Gasteiger charge is 2.24. The lowest BCUT2D eigenvalue weighted by Gasteiger charge is -2.24. The van der Waals surface area contributed by atoms with Crippen LogP contribution < -0.4 is 5.32 Å². The van der Waals surface area contributed by atoms with Crippen LogP contribution in [0.5, 0.6) is 0 Å². The van der Waals surface area contributed by atoms with Gasteiger partial charge in [-0.25, -0.2) is 0 Å². The molecule has 0 rings (SSSR count). The molecule has 0 saturated heterocycles. The highest BCUT2D eigenvalue weighted by atomic mass is 16.5. The van der Waals surface area contributed by atoms with Gasteiger partial charge in [0.1, 0.15) is 6.10 Å². The van der Waals surface area contributed by atoms with Gasteiger partial charge in [-0.05, 0) is 57.8 Å². The van der Waals surface area contributed by atoms with Crippen molar-refractivity contribution < 1.29 is 24.5 Å². The number of ether oxygens (including phenoxy) is 1. The SMILES string of the molecule is CC/C=C/C/C=C/C/C=C/CCCCCCCCC(=O)OC(CCCCCCCCCCCCCCCCCC)CC(=O)NC(CO)C(O)CCCCCCCCCCCCCCC. The minimum absolute atomic E-state index is 0.0769. The maximum absolute atomic E-state index is 13.3. The zero-order valence-corrected chi connectivity index (χ0v) is 42.9. The van der Waals surface area contributed by atoms with Crippen molar-refractivity contribution in [3.8, 4) is 0 Å². The molecule has 3 unspecified atom stereocenters. The molecule has 0 radical (unpaired) electrons. The molecule has 3 N–H and O–H groups in total. The van der Waals surface area contributed by atoms with Crippen molar-refractivity contribution in [2.24, 2.45) is 0 Å². The Labute approximate surface area is 398 Å². The van der Waals surface area contributed by atoms with E-state index in [1.54, 1.807) is 0 Å². The van der Waals surface area contributed by atoms with Crippen LogP contribution in [-0.2, 0) is 14.3 Å². The molecule has 0 aromatic carbocycles. The Morgan fingerprint density at radius 3 is 1.28 bits per heavy atom. The average molecular weight is 901 g/mol. The molecule has 3 atom stereocenters. The third-order valence-corrected chi connectivity index (χ3v) is 13.0. The summed E-state index contributed by atoms with van der Waals surface area (Å²) in [4.78, 5) is 26.2. The monoisotopic (exact) mass is 900 g/mol. The van der Waals surface area contributed by atoms with Gasteiger partial charge in [0, 0.05) is 6.42 Å². The van der Waals surface area contributed by atoms with E-state index in [0.29, 0.717) is 19.3 Å². The van der Waals surface area contributed by atoms with Gasteiger partial charge in [0.25, 0.3) is 0 Å². The van der Waals surface area contributed by atoms with E-state index in [1.807, 2.05) is 0 Å². The van der Waals surface area contributed by atoms with Crippen LogP contribution in [0.2, 0.25) is 0 Å². The van der Waals surface area contributed by atoms with Crippen LogP contribution >= 0.6 is 0 Å². The Hall–Kier alpha value is -1.92. The number of unbranched alkanes of at least 4 members (excludes halogenated alkanes) is 33. The minimum atomic E-state index is -0.787. The van der Waals surface area contributed by atoms with Crippen LogP contribution in [0.4, 0.5) is 0 Å². The summed E-state index contributed by atoms with van der Waals surface area (Å²) in [7, 11) is 0. The molecule has 64 heavy (non-hydrogen) atoms. The number of allylic oxidation sites excluding steroid dienone is 6. The molecule has 0 fully saturated rings. The Balaban J connectivity index is 4.56. The van der Waals surface area contributed by atoms with Crippen LogP contribution in [0.15, 0.2) is 36.5 Å². The fourth-order valence-electron chi connectivity index (χ4n) is 8.74. The van der Waals surface area contributed by atoms with E-state index in [2.05, 4.69) is 62.5 Å². The highest BCUT2D eigenvalue weighted by Crippen LogP contribution is 2.19. The van der Waals surface area contributed by atoms with E-state index < -0.39 is 18.2 Å². The molecule has 0 aliphatic heterocycles. The predicted octanol–water partition coefficient (Wildman–Crippen LogP) is 17.2. The second-order valence-corrected chi connectivity index (χ2v) is 19.3. The topological polar surface area (TPSA) is 95.9 Å². The number of hydrogen-bond acceptors (Lipinski definition) is 5. The number of hydrogen-bond donors (Lipinski definition) is 3. The number of esters is 1. The first-order chi connectivity index (χ1) is 31.5. The third kappa shape index (κ3) is 46.6. The van der Waals surface area contributed by atoms with E-state index in [1.165, 1.54) is 180 Å². The fraction of sp³-hybridized carbons (Fsp3) is 0.862. The summed E-state index contributed by atoms with van der Waals surface area (Å²) in [5, 5.41) is 23.9. The molecule has 6 heteroatoms. The van der Waals surface area contributed by atoms with Crippen molar-refractivity contribution in [3.05, 3.63) is 36.5 Å². The quantitative estimate of drug-likeness (QED) is 0.0321. The first kappa shape index (κ1) is 62.1. The standard InChI is InChI=1S/C58H109NO5/c1-4-7-10-13-16-19-22-25-27-29-32-34-37-40-43-46-49-54(64-58(63)51-48-45-42-39-36-33-30-28-26-23-20-17-14-11-8-5-2)52-57(62)59-55(53-60)56(61)50-47-44-41-38-35-31-24-21-18-15-12-9-6-3/h8,11,17,20,26,28,54-56,60-61H,4-7,9-10,12-16,18-19,21-25,27,29-53H2,1-3H3,(H,59,62)/b11-8+,20-17+,28-26+. The van der Waals surface area contributed by atoms with Crippen LogP contribution in [0.25, 0.3) is 0 Å². The van der Waals surface area contributed by atoms with Crippen molar-refractivity contribution in [2.75, 3.05) is 6.61 Å². The molecule has 0 aliphatic rings. The van der Waals surface area contributed by atoms with Crippen LogP contribution in [0.1, 0.15) is 297 Å². The number of carbonyl (C=O) groups excluding carboxylic acids is 2. The normalized spacial score (nSPS) is 13.4. The van der Waals surface area contributed by atoms with Gasteiger partial charge in [-0.15, -0.1) is 0 Å². The van der Waals surface area contributed by atoms with E-state index >= 15 is 0 Å². The summed E-state index contributed by atoms with van der Waals surface area (Å²) in [5.41, 5.74) is 0. The number of nitrogens with one attached hydrogen (secondary N) is 1. The molecule has 0 aliphatic carbocycles. The molecule has 6 nitrogen and oxygen atoms in total. The smallest absolute Gasteiger partial charge is 0.306 e. The first-order valence-corrected chi connectivity index (χ1v) is 28.2. The molecule has 0 heterocycles. The maximum Gasteiger partial charge on any atom is 0.306 e. The number of rotatable bonds is 51. The second kappa shape index (κ2) is 52.1. The van der Waals surface area contributed by atoms with Crippen LogP contribution in [0.3, 0.4) is 0 Å². The predicted molar refractivity (Wildman–Crippen MR) is 278 cm³/mol. The lowest BCUT2D eigenvalue weighted by Crippen LogP contribution is -2.46. The van der Waals surface area contributed by atoms with E-state index in [9.17, 15) is 19.8 Å². The van der Waals surface area contributed by atoms with E-state index in [-0.39, 0.29) is 24.9 Å². The van der Waals surface area contributed by atoms with Crippen molar-refractivity contribution in [3.63, 3.8) is 0 Å². The van der Waals surface area contributed by atoms with Gasteiger partial charge in [-0.1, -0.05) is 263 Å². The van der Waals surface area contributed by atoms with E-state index in [0.717, 1.165) is 70.6 Å². The van der Waals surface area contributed by atoms with Gasteiger partial charge in [0.05, 0.1) is 25.2 Å². The van der Waals surface area contributed by atoms with Gasteiger partial charge in [0.15, 0.2) is 0 Å². The summed E-state index contributed by atoms with van der Waals surface area (Å²) >= 11 is 0. The third-order valence-electron chi connectivity index (χ3n) is 13.0. The van der Waals surface area contributed by atoms with Crippen molar-refractivity contribution in [2.45, 2.75) is 315 Å². The lowest BCUT2D eigenvalue weighted by atomic mass is 10.0. The maximum atomic E-state index is 13.3. The minimum Gasteiger partial charge on any atom is -0.462 e. The summed E-state index contributed by atoms with van der Waals surface area (Å²) < 4.78 is 5.96. The van der Waals surface area contributed by atoms with Gasteiger partial charge < -0.3 is 20.3 Å². The fourth-order valence-corrected chi connectivity index (χ4v) is 8.74. The molecule has 0 bridgehead atoms. The second-order valence-electron chi connectivity index (χ2n) is 19.3. The summed E-state index contributed by atoms with van der Waals surface area (Å²) in [6, 6.07) is -0.701. The Morgan fingerprint density at radius 2 is 0.844 bits per heavy atom. The summed E-state index contributed by atoms with van der Waals surface area (Å²) in [6.07, 6.45) is 62.0. The number of amides is 1. The molecule has 0 spiro atoms. The van der Waals surface area contributed by atoms with Crippen molar-refractivity contribution in [1.82, 2.24) is 5.32 Å². The summed E-state index contributed by atoms with van der Waals surface area (Å²) in [6.45, 7) is 6.40. The van der Waals surface area contributed by atoms with Gasteiger partial charge in [0.2, 0.25) is 5.91 Å². The molecule has 0 aromatic heterocycles. The largest absolute Gasteiger partial charge is 0.462 e. The van der Waals surface area contributed by atoms with Gasteiger partial charge >= 0.3 is 5.97 Å². The molecule has 0 aromatic rings. The molecule has 376 valence electrons.